The fourth-order valence-corrected chi connectivity index (χ4v) is 6.56. The molecule has 47 heavy (non-hydrogen) atoms. The van der Waals surface area contributed by atoms with Gasteiger partial charge in [-0.25, -0.2) is 14.4 Å². The molecule has 1 heterocycles. The van der Waals surface area contributed by atoms with E-state index in [1.807, 2.05) is 6.07 Å². The Morgan fingerprint density at radius 1 is 0.809 bits per heavy atom. The molecule has 0 radical (unpaired) electrons. The summed E-state index contributed by atoms with van der Waals surface area (Å²) in [7, 11) is 1.21. The average Bonchev–Trinajstić information content (AvgIpc) is 3.38. The molecule has 0 bridgehead atoms. The van der Waals surface area contributed by atoms with Crippen LogP contribution in [0.5, 0.6) is 0 Å². The van der Waals surface area contributed by atoms with E-state index in [0.717, 1.165) is 29.5 Å². The van der Waals surface area contributed by atoms with Crippen LogP contribution in [-0.4, -0.2) is 58.2 Å². The highest BCUT2D eigenvalue weighted by atomic mass is 32.2. The van der Waals surface area contributed by atoms with Gasteiger partial charge in [0, 0.05) is 16.3 Å². The van der Waals surface area contributed by atoms with Crippen LogP contribution in [0.1, 0.15) is 70.0 Å². The number of anilines is 3. The van der Waals surface area contributed by atoms with Crippen LogP contribution in [0.15, 0.2) is 77.7 Å². The van der Waals surface area contributed by atoms with E-state index >= 15 is 0 Å². The number of benzene rings is 3. The Labute approximate surface area is 277 Å². The van der Waals surface area contributed by atoms with Crippen LogP contribution >= 0.6 is 23.1 Å². The number of nitrogens with one attached hydrogen (secondary N) is 3. The number of hydrogen-bond acceptors (Lipinski definition) is 9. The highest BCUT2D eigenvalue weighted by Crippen LogP contribution is 2.36. The van der Waals surface area contributed by atoms with Gasteiger partial charge in [0.05, 0.1) is 39.5 Å². The SMILES string of the molecule is CCC(Sc1cccc(NC(=O)c2ccc(C(=O)O)cc2C(=O)O)c1)C(=O)Nc1sc(C(=O)Nc2ccccc2)c(C)c1C(=O)OC. The minimum absolute atomic E-state index is 0.0748. The summed E-state index contributed by atoms with van der Waals surface area (Å²) in [6, 6.07) is 18.5. The average molecular weight is 676 g/mol. The van der Waals surface area contributed by atoms with Crippen molar-refractivity contribution >= 4 is 75.1 Å². The number of ether oxygens (including phenoxy) is 1. The highest BCUT2D eigenvalue weighted by molar-refractivity contribution is 8.00. The third-order valence-electron chi connectivity index (χ3n) is 6.79. The maximum absolute atomic E-state index is 13.5. The number of rotatable bonds is 12. The smallest absolute Gasteiger partial charge is 0.341 e. The third-order valence-corrected chi connectivity index (χ3v) is 9.35. The lowest BCUT2D eigenvalue weighted by Gasteiger charge is -2.16. The van der Waals surface area contributed by atoms with Crippen molar-refractivity contribution < 1.29 is 43.7 Å². The number of amides is 3. The number of methoxy groups -OCH3 is 1. The number of thioether (sulfide) groups is 1. The number of aromatic carboxylic acids is 2. The number of carbonyl (C=O) groups is 6. The molecule has 0 saturated carbocycles. The number of carboxylic acids is 2. The molecule has 1 unspecified atom stereocenters. The Bertz CT molecular complexity index is 1870. The lowest BCUT2D eigenvalue weighted by Crippen LogP contribution is -2.25. The van der Waals surface area contributed by atoms with E-state index in [2.05, 4.69) is 16.0 Å². The minimum atomic E-state index is -1.46. The Morgan fingerprint density at radius 3 is 2.13 bits per heavy atom. The van der Waals surface area contributed by atoms with Crippen LogP contribution in [0.2, 0.25) is 0 Å². The fraction of sp³-hybridized carbons (Fsp3) is 0.152. The van der Waals surface area contributed by atoms with Gasteiger partial charge < -0.3 is 30.9 Å². The van der Waals surface area contributed by atoms with Gasteiger partial charge >= 0.3 is 17.9 Å². The molecule has 0 aliphatic heterocycles. The van der Waals surface area contributed by atoms with Crippen LogP contribution < -0.4 is 16.0 Å². The standard InChI is InChI=1S/C33H29N3O9S2/c1-4-24(28(38)36-30-25(33(44)45-3)17(2)26(47-30)29(39)34-19-9-6-5-7-10-19)46-21-12-8-11-20(16-21)35-27(37)22-14-13-18(31(40)41)15-23(22)32(42)43/h5-16,24H,4H2,1-3H3,(H,34,39)(H,35,37)(H,36,38)(H,40,41)(H,42,43). The van der Waals surface area contributed by atoms with Crippen molar-refractivity contribution in [3.05, 3.63) is 105 Å². The third kappa shape index (κ3) is 8.23. The predicted molar refractivity (Wildman–Crippen MR) is 178 cm³/mol. The molecule has 0 fully saturated rings. The van der Waals surface area contributed by atoms with Crippen molar-refractivity contribution in [2.75, 3.05) is 23.1 Å². The molecule has 0 aliphatic carbocycles. The second kappa shape index (κ2) is 15.2. The van der Waals surface area contributed by atoms with Crippen molar-refractivity contribution in [2.24, 2.45) is 0 Å². The molecule has 1 atom stereocenters. The summed E-state index contributed by atoms with van der Waals surface area (Å²) in [6.45, 7) is 3.40. The van der Waals surface area contributed by atoms with Gasteiger partial charge in [0.1, 0.15) is 5.00 Å². The quantitative estimate of drug-likeness (QED) is 0.0848. The van der Waals surface area contributed by atoms with E-state index in [0.29, 0.717) is 28.3 Å². The van der Waals surface area contributed by atoms with Crippen LogP contribution in [0.4, 0.5) is 16.4 Å². The van der Waals surface area contributed by atoms with Gasteiger partial charge in [-0.05, 0) is 67.4 Å². The number of carbonyl (C=O) groups excluding carboxylic acids is 4. The fourth-order valence-electron chi connectivity index (χ4n) is 4.45. The van der Waals surface area contributed by atoms with E-state index in [9.17, 15) is 39.0 Å². The van der Waals surface area contributed by atoms with Gasteiger partial charge in [-0.15, -0.1) is 23.1 Å². The van der Waals surface area contributed by atoms with Gasteiger partial charge in [-0.1, -0.05) is 31.2 Å². The topological polar surface area (TPSA) is 188 Å². The number of esters is 1. The molecule has 242 valence electrons. The number of hydrogen-bond donors (Lipinski definition) is 5. The van der Waals surface area contributed by atoms with E-state index in [1.54, 1.807) is 62.4 Å². The monoisotopic (exact) mass is 675 g/mol. The molecule has 0 saturated heterocycles. The van der Waals surface area contributed by atoms with Crippen LogP contribution in [0.25, 0.3) is 0 Å². The maximum Gasteiger partial charge on any atom is 0.341 e. The van der Waals surface area contributed by atoms with Crippen LogP contribution in [0.3, 0.4) is 0 Å². The zero-order valence-corrected chi connectivity index (χ0v) is 26.9. The molecule has 5 N–H and O–H groups in total. The first kappa shape index (κ1) is 34.4. The lowest BCUT2D eigenvalue weighted by atomic mass is 10.0. The minimum Gasteiger partial charge on any atom is -0.478 e. The number of thiophene rings is 1. The largest absolute Gasteiger partial charge is 0.478 e. The Hall–Kier alpha value is -5.47. The van der Waals surface area contributed by atoms with Crippen molar-refractivity contribution in [2.45, 2.75) is 30.4 Å². The van der Waals surface area contributed by atoms with E-state index in [4.69, 9.17) is 4.74 Å². The molecule has 3 amide bonds. The normalized spacial score (nSPS) is 11.2. The predicted octanol–water partition coefficient (Wildman–Crippen LogP) is 6.25. The maximum atomic E-state index is 13.5. The Morgan fingerprint density at radius 2 is 1.49 bits per heavy atom. The first-order valence-electron chi connectivity index (χ1n) is 14.0. The molecule has 12 nitrogen and oxygen atoms in total. The van der Waals surface area contributed by atoms with Crippen LogP contribution in [-0.2, 0) is 9.53 Å². The van der Waals surface area contributed by atoms with E-state index < -0.39 is 46.4 Å². The molecule has 14 heteroatoms. The summed E-state index contributed by atoms with van der Waals surface area (Å²) in [6.07, 6.45) is 0.379. The van der Waals surface area contributed by atoms with Gasteiger partial charge in [0.25, 0.3) is 11.8 Å². The summed E-state index contributed by atoms with van der Waals surface area (Å²) in [5.41, 5.74) is 0.343. The van der Waals surface area contributed by atoms with Crippen LogP contribution in [0, 0.1) is 6.92 Å². The highest BCUT2D eigenvalue weighted by Gasteiger charge is 2.28. The van der Waals surface area contributed by atoms with Crippen molar-refractivity contribution in [3.8, 4) is 0 Å². The summed E-state index contributed by atoms with van der Waals surface area (Å²) >= 11 is 2.15. The van der Waals surface area contributed by atoms with Crippen molar-refractivity contribution in [1.29, 1.82) is 0 Å². The summed E-state index contributed by atoms with van der Waals surface area (Å²) < 4.78 is 4.93. The molecule has 0 spiro atoms. The molecule has 3 aromatic carbocycles. The second-order valence-electron chi connectivity index (χ2n) is 9.93. The molecule has 4 rings (SSSR count). The Balaban J connectivity index is 1.51. The van der Waals surface area contributed by atoms with Gasteiger partial charge in [0.2, 0.25) is 5.91 Å². The van der Waals surface area contributed by atoms with Gasteiger partial charge in [-0.3, -0.25) is 14.4 Å². The second-order valence-corrected chi connectivity index (χ2v) is 12.2. The van der Waals surface area contributed by atoms with E-state index in [-0.39, 0.29) is 26.6 Å². The zero-order chi connectivity index (χ0) is 34.2. The van der Waals surface area contributed by atoms with Crippen molar-refractivity contribution in [3.63, 3.8) is 0 Å². The molecule has 0 aliphatic rings. The molecule has 1 aromatic heterocycles. The first-order chi connectivity index (χ1) is 22.4. The Kier molecular flexibility index (Phi) is 11.1. The first-order valence-corrected chi connectivity index (χ1v) is 15.7. The number of carboxylic acid groups (broad SMARTS) is 2. The summed E-state index contributed by atoms with van der Waals surface area (Å²) in [4.78, 5) is 76.0. The van der Waals surface area contributed by atoms with Gasteiger partial charge in [-0.2, -0.15) is 0 Å². The molecule has 4 aromatic rings. The van der Waals surface area contributed by atoms with E-state index in [1.165, 1.54) is 18.9 Å². The summed E-state index contributed by atoms with van der Waals surface area (Å²) in [5.74, 6) is -5.14. The lowest BCUT2D eigenvalue weighted by molar-refractivity contribution is -0.115. The van der Waals surface area contributed by atoms with Crippen molar-refractivity contribution in [1.82, 2.24) is 0 Å². The van der Waals surface area contributed by atoms with Gasteiger partial charge in [0.15, 0.2) is 0 Å². The zero-order valence-electron chi connectivity index (χ0n) is 25.3. The molecular formula is C33H29N3O9S2. The molecular weight excluding hydrogens is 647 g/mol. The number of para-hydroxylation sites is 1. The summed E-state index contributed by atoms with van der Waals surface area (Å²) in [5, 5.41) is 26.4.